The van der Waals surface area contributed by atoms with Crippen LogP contribution >= 0.6 is 0 Å². The van der Waals surface area contributed by atoms with Gasteiger partial charge in [0.2, 0.25) is 11.8 Å². The fourth-order valence-electron chi connectivity index (χ4n) is 3.73. The highest BCUT2D eigenvalue weighted by molar-refractivity contribution is 5.90. The first-order chi connectivity index (χ1) is 13.8. The Morgan fingerprint density at radius 3 is 2.41 bits per heavy atom. The fraction of sp³-hybridized carbons (Fsp3) is 0.526. The molecule has 3 rings (SSSR count). The molecule has 0 spiro atoms. The quantitative estimate of drug-likeness (QED) is 0.757. The van der Waals surface area contributed by atoms with E-state index < -0.39 is 42.3 Å². The lowest BCUT2D eigenvalue weighted by molar-refractivity contribution is -0.135. The van der Waals surface area contributed by atoms with Crippen LogP contribution in [0.3, 0.4) is 0 Å². The van der Waals surface area contributed by atoms with Gasteiger partial charge in [-0.1, -0.05) is 0 Å². The number of rotatable bonds is 5. The Hall–Kier alpha value is -2.75. The molecule has 0 radical (unpaired) electrons. The molecule has 2 aliphatic rings. The van der Waals surface area contributed by atoms with Crippen LogP contribution in [0.25, 0.3) is 0 Å². The molecule has 10 heteroatoms. The molecule has 2 aliphatic heterocycles. The first-order valence-corrected chi connectivity index (χ1v) is 9.40. The maximum atomic E-state index is 14.8. The summed E-state index contributed by atoms with van der Waals surface area (Å²) in [5.41, 5.74) is -0.0147. The van der Waals surface area contributed by atoms with Gasteiger partial charge in [-0.2, -0.15) is 0 Å². The normalized spacial score (nSPS) is 20.0. The number of amides is 3. The van der Waals surface area contributed by atoms with Crippen molar-refractivity contribution in [2.75, 3.05) is 37.7 Å². The first-order valence-electron chi connectivity index (χ1n) is 9.40. The lowest BCUT2D eigenvalue weighted by Crippen LogP contribution is -2.39. The summed E-state index contributed by atoms with van der Waals surface area (Å²) in [6.45, 7) is 1.56. The van der Waals surface area contributed by atoms with Gasteiger partial charge in [0, 0.05) is 25.6 Å². The highest BCUT2D eigenvalue weighted by Crippen LogP contribution is 2.35. The van der Waals surface area contributed by atoms with E-state index in [1.165, 1.54) is 11.8 Å². The summed E-state index contributed by atoms with van der Waals surface area (Å²) < 4.78 is 34.6. The van der Waals surface area contributed by atoms with Crippen molar-refractivity contribution in [3.63, 3.8) is 0 Å². The molecule has 29 heavy (non-hydrogen) atoms. The Balaban J connectivity index is 1.71. The van der Waals surface area contributed by atoms with Crippen molar-refractivity contribution >= 4 is 23.6 Å². The third-order valence-corrected chi connectivity index (χ3v) is 5.22. The highest BCUT2D eigenvalue weighted by Gasteiger charge is 2.34. The number of nitrogens with one attached hydrogen (secondary N) is 1. The van der Waals surface area contributed by atoms with E-state index in [0.717, 1.165) is 17.0 Å². The minimum Gasteiger partial charge on any atom is -0.442 e. The molecule has 2 heterocycles. The Kier molecular flexibility index (Phi) is 6.31. The maximum absolute atomic E-state index is 14.8. The molecule has 1 atom stereocenters. The van der Waals surface area contributed by atoms with Crippen molar-refractivity contribution in [1.82, 2.24) is 10.2 Å². The summed E-state index contributed by atoms with van der Waals surface area (Å²) in [4.78, 5) is 37.2. The highest BCUT2D eigenvalue weighted by atomic mass is 19.1. The summed E-state index contributed by atoms with van der Waals surface area (Å²) in [5, 5.41) is 11.5. The predicted molar refractivity (Wildman–Crippen MR) is 98.3 cm³/mol. The van der Waals surface area contributed by atoms with Gasteiger partial charge in [0.1, 0.15) is 24.3 Å². The Labute approximate surface area is 166 Å². The SMILES string of the molecule is CC(=O)NCC1CN(c2cc(F)c(C3CCN(C(=O)CO)CC3)c(F)c2)C(=O)O1. The van der Waals surface area contributed by atoms with Crippen LogP contribution < -0.4 is 10.2 Å². The molecule has 0 saturated carbocycles. The monoisotopic (exact) mass is 411 g/mol. The number of carbonyl (C=O) groups excluding carboxylic acids is 3. The summed E-state index contributed by atoms with van der Waals surface area (Å²) in [5.74, 6) is -2.59. The minimum absolute atomic E-state index is 0.0481. The number of likely N-dealkylation sites (tertiary alicyclic amines) is 1. The lowest BCUT2D eigenvalue weighted by Gasteiger charge is -2.32. The van der Waals surface area contributed by atoms with Crippen molar-refractivity contribution in [3.8, 4) is 0 Å². The van der Waals surface area contributed by atoms with Gasteiger partial charge < -0.3 is 20.1 Å². The molecule has 3 amide bonds. The number of halogens is 2. The Bertz CT molecular complexity index is 788. The molecule has 2 fully saturated rings. The third kappa shape index (κ3) is 4.64. The summed E-state index contributed by atoms with van der Waals surface area (Å²) >= 11 is 0. The maximum Gasteiger partial charge on any atom is 0.414 e. The molecule has 2 N–H and O–H groups in total. The van der Waals surface area contributed by atoms with Gasteiger partial charge in [0.25, 0.3) is 0 Å². The topological polar surface area (TPSA) is 99.2 Å². The molecule has 0 bridgehead atoms. The summed E-state index contributed by atoms with van der Waals surface area (Å²) in [6, 6.07) is 2.21. The zero-order valence-corrected chi connectivity index (χ0v) is 16.0. The van der Waals surface area contributed by atoms with Crippen LogP contribution in [0.1, 0.15) is 31.2 Å². The van der Waals surface area contributed by atoms with Crippen molar-refractivity contribution in [2.24, 2.45) is 0 Å². The van der Waals surface area contributed by atoms with E-state index in [2.05, 4.69) is 5.32 Å². The number of hydrogen-bond donors (Lipinski definition) is 2. The van der Waals surface area contributed by atoms with Gasteiger partial charge >= 0.3 is 6.09 Å². The van der Waals surface area contributed by atoms with E-state index in [9.17, 15) is 23.2 Å². The van der Waals surface area contributed by atoms with E-state index in [1.54, 1.807) is 0 Å². The van der Waals surface area contributed by atoms with E-state index in [1.807, 2.05) is 0 Å². The van der Waals surface area contributed by atoms with Crippen molar-refractivity contribution in [1.29, 1.82) is 0 Å². The number of hydrogen-bond acceptors (Lipinski definition) is 5. The molecule has 1 aromatic carbocycles. The van der Waals surface area contributed by atoms with Crippen molar-refractivity contribution < 1.29 is 33.0 Å². The number of benzene rings is 1. The van der Waals surface area contributed by atoms with Crippen molar-refractivity contribution in [2.45, 2.75) is 31.8 Å². The predicted octanol–water partition coefficient (Wildman–Crippen LogP) is 1.12. The van der Waals surface area contributed by atoms with Gasteiger partial charge in [-0.15, -0.1) is 0 Å². The van der Waals surface area contributed by atoms with Crippen molar-refractivity contribution in [3.05, 3.63) is 29.3 Å². The average Bonchev–Trinajstić information content (AvgIpc) is 3.06. The van der Waals surface area contributed by atoms with Crippen LogP contribution in [0, 0.1) is 11.6 Å². The van der Waals surface area contributed by atoms with E-state index in [-0.39, 0.29) is 30.2 Å². The number of anilines is 1. The second kappa shape index (κ2) is 8.73. The number of piperidine rings is 1. The molecule has 2 saturated heterocycles. The average molecular weight is 411 g/mol. The standard InChI is InChI=1S/C19H23F2N3O5/c1-11(26)22-8-14-9-24(19(28)29-14)13-6-15(20)18(16(21)7-13)12-2-4-23(5-3-12)17(27)10-25/h6-7,12,14,25H,2-5,8-10H2,1H3,(H,22,26). The number of ether oxygens (including phenoxy) is 1. The lowest BCUT2D eigenvalue weighted by atomic mass is 9.88. The second-order valence-corrected chi connectivity index (χ2v) is 7.19. The van der Waals surface area contributed by atoms with E-state index >= 15 is 0 Å². The number of carbonyl (C=O) groups is 3. The molecule has 1 aromatic rings. The van der Waals surface area contributed by atoms with Gasteiger partial charge in [0.05, 0.1) is 18.8 Å². The molecular formula is C19H23F2N3O5. The Morgan fingerprint density at radius 1 is 1.24 bits per heavy atom. The van der Waals surface area contributed by atoms with Crippen LogP contribution in [0.15, 0.2) is 12.1 Å². The Morgan fingerprint density at radius 2 is 1.86 bits per heavy atom. The van der Waals surface area contributed by atoms with E-state index in [0.29, 0.717) is 25.9 Å². The van der Waals surface area contributed by atoms with Crippen LogP contribution in [-0.4, -0.2) is 66.8 Å². The van der Waals surface area contributed by atoms with Gasteiger partial charge in [0.15, 0.2) is 0 Å². The molecule has 8 nitrogen and oxygen atoms in total. The third-order valence-electron chi connectivity index (χ3n) is 5.22. The van der Waals surface area contributed by atoms with Gasteiger partial charge in [-0.25, -0.2) is 13.6 Å². The first kappa shape index (κ1) is 21.0. The van der Waals surface area contributed by atoms with Gasteiger partial charge in [-0.3, -0.25) is 14.5 Å². The second-order valence-electron chi connectivity index (χ2n) is 7.19. The smallest absolute Gasteiger partial charge is 0.414 e. The summed E-state index contributed by atoms with van der Waals surface area (Å²) in [6.07, 6.45) is -0.583. The molecule has 0 aliphatic carbocycles. The number of aliphatic hydroxyl groups is 1. The number of aliphatic hydroxyl groups excluding tert-OH is 1. The summed E-state index contributed by atoms with van der Waals surface area (Å²) in [7, 11) is 0. The van der Waals surface area contributed by atoms with Gasteiger partial charge in [-0.05, 0) is 30.9 Å². The largest absolute Gasteiger partial charge is 0.442 e. The number of cyclic esters (lactones) is 1. The zero-order chi connectivity index (χ0) is 21.1. The fourth-order valence-corrected chi connectivity index (χ4v) is 3.73. The molecule has 158 valence electrons. The van der Waals surface area contributed by atoms with Crippen LogP contribution in [-0.2, 0) is 14.3 Å². The minimum atomic E-state index is -0.759. The molecule has 0 aromatic heterocycles. The van der Waals surface area contributed by atoms with Crippen LogP contribution in [0.4, 0.5) is 19.3 Å². The zero-order valence-electron chi connectivity index (χ0n) is 16.0. The van der Waals surface area contributed by atoms with Crippen LogP contribution in [0.5, 0.6) is 0 Å². The van der Waals surface area contributed by atoms with E-state index in [4.69, 9.17) is 9.84 Å². The molecule has 1 unspecified atom stereocenters. The number of nitrogens with zero attached hydrogens (tertiary/aromatic N) is 2. The van der Waals surface area contributed by atoms with Crippen LogP contribution in [0.2, 0.25) is 0 Å². The molecular weight excluding hydrogens is 388 g/mol.